The van der Waals surface area contributed by atoms with E-state index in [9.17, 15) is 0 Å². The number of fused-ring (bicyclic) bond motifs is 1. The van der Waals surface area contributed by atoms with Crippen LogP contribution in [0.5, 0.6) is 5.75 Å². The minimum absolute atomic E-state index is 0.366. The van der Waals surface area contributed by atoms with E-state index >= 15 is 0 Å². The van der Waals surface area contributed by atoms with E-state index in [1.54, 1.807) is 7.11 Å². The number of aromatic nitrogens is 1. The Balaban J connectivity index is 1.86. The summed E-state index contributed by atoms with van der Waals surface area (Å²) >= 11 is 0. The van der Waals surface area contributed by atoms with Crippen molar-refractivity contribution in [2.24, 2.45) is 0 Å². The second-order valence-electron chi connectivity index (χ2n) is 4.36. The minimum atomic E-state index is 0.366. The molecule has 3 heteroatoms. The number of nitrogens with zero attached hydrogens (tertiary/aromatic N) is 1. The van der Waals surface area contributed by atoms with Gasteiger partial charge < -0.3 is 14.6 Å². The molecule has 0 aliphatic carbocycles. The van der Waals surface area contributed by atoms with E-state index in [1.165, 1.54) is 11.3 Å². The van der Waals surface area contributed by atoms with Gasteiger partial charge in [-0.2, -0.15) is 0 Å². The van der Waals surface area contributed by atoms with E-state index in [0.717, 1.165) is 18.8 Å². The third-order valence-corrected chi connectivity index (χ3v) is 3.33. The summed E-state index contributed by atoms with van der Waals surface area (Å²) < 4.78 is 7.57. The highest BCUT2D eigenvalue weighted by Crippen LogP contribution is 2.24. The third kappa shape index (κ3) is 1.94. The van der Waals surface area contributed by atoms with E-state index in [2.05, 4.69) is 40.3 Å². The summed E-state index contributed by atoms with van der Waals surface area (Å²) in [4.78, 5) is 0. The lowest BCUT2D eigenvalue weighted by molar-refractivity contribution is 0.395. The second kappa shape index (κ2) is 4.26. The van der Waals surface area contributed by atoms with Crippen LogP contribution in [-0.2, 0) is 13.1 Å². The fourth-order valence-corrected chi connectivity index (χ4v) is 2.36. The van der Waals surface area contributed by atoms with Crippen molar-refractivity contribution >= 4 is 0 Å². The van der Waals surface area contributed by atoms with Crippen LogP contribution in [0.25, 0.3) is 0 Å². The Morgan fingerprint density at radius 1 is 1.29 bits per heavy atom. The molecule has 0 radical (unpaired) electrons. The zero-order valence-electron chi connectivity index (χ0n) is 9.89. The maximum atomic E-state index is 5.27. The van der Waals surface area contributed by atoms with Gasteiger partial charge in [0.05, 0.1) is 13.2 Å². The lowest BCUT2D eigenvalue weighted by Crippen LogP contribution is -2.31. The van der Waals surface area contributed by atoms with Crippen LogP contribution >= 0.6 is 0 Å². The number of nitrogens with one attached hydrogen (secondary N) is 1. The van der Waals surface area contributed by atoms with Gasteiger partial charge in [0.25, 0.3) is 0 Å². The minimum Gasteiger partial charge on any atom is -0.497 e. The number of hydrogen-bond acceptors (Lipinski definition) is 2. The average molecular weight is 228 g/mol. The standard InChI is InChI=1S/C14H16N2O/c1-17-13-6-2-4-11(8-13)14-10-16-7-3-5-12(16)9-15-14/h2-8,14-15H,9-10H2,1H3/t14-/m1/s1. The Morgan fingerprint density at radius 3 is 3.12 bits per heavy atom. The fourth-order valence-electron chi connectivity index (χ4n) is 2.36. The summed E-state index contributed by atoms with van der Waals surface area (Å²) in [5.41, 5.74) is 2.63. The summed E-state index contributed by atoms with van der Waals surface area (Å²) in [6, 6.07) is 12.9. The number of rotatable bonds is 2. The van der Waals surface area contributed by atoms with Gasteiger partial charge in [0, 0.05) is 25.0 Å². The summed E-state index contributed by atoms with van der Waals surface area (Å²) in [6.07, 6.45) is 2.14. The molecule has 0 unspecified atom stereocenters. The molecule has 0 saturated carbocycles. The fraction of sp³-hybridized carbons (Fsp3) is 0.286. The van der Waals surface area contributed by atoms with Crippen molar-refractivity contribution in [3.8, 4) is 5.75 Å². The normalized spacial score (nSPS) is 18.8. The van der Waals surface area contributed by atoms with Crippen molar-refractivity contribution < 1.29 is 4.74 Å². The number of benzene rings is 1. The molecule has 3 nitrogen and oxygen atoms in total. The van der Waals surface area contributed by atoms with Crippen LogP contribution in [0.4, 0.5) is 0 Å². The molecule has 17 heavy (non-hydrogen) atoms. The third-order valence-electron chi connectivity index (χ3n) is 3.33. The smallest absolute Gasteiger partial charge is 0.119 e. The molecule has 1 aromatic carbocycles. The summed E-state index contributed by atoms with van der Waals surface area (Å²) in [5, 5.41) is 3.55. The van der Waals surface area contributed by atoms with Crippen molar-refractivity contribution in [3.63, 3.8) is 0 Å². The van der Waals surface area contributed by atoms with Gasteiger partial charge in [-0.05, 0) is 29.8 Å². The molecule has 2 heterocycles. The molecule has 1 N–H and O–H groups in total. The predicted molar refractivity (Wildman–Crippen MR) is 67.0 cm³/mol. The molecule has 1 aliphatic heterocycles. The van der Waals surface area contributed by atoms with E-state index < -0.39 is 0 Å². The average Bonchev–Trinajstić information content (AvgIpc) is 2.86. The van der Waals surface area contributed by atoms with E-state index in [-0.39, 0.29) is 0 Å². The van der Waals surface area contributed by atoms with Gasteiger partial charge in [0.1, 0.15) is 5.75 Å². The van der Waals surface area contributed by atoms with Crippen molar-refractivity contribution in [1.29, 1.82) is 0 Å². The number of ether oxygens (including phenoxy) is 1. The van der Waals surface area contributed by atoms with Gasteiger partial charge in [-0.3, -0.25) is 0 Å². The lowest BCUT2D eigenvalue weighted by atomic mass is 10.0. The first-order valence-corrected chi connectivity index (χ1v) is 5.88. The summed E-state index contributed by atoms with van der Waals surface area (Å²) in [5.74, 6) is 0.919. The zero-order chi connectivity index (χ0) is 11.7. The Labute approximate surface area is 101 Å². The molecular formula is C14H16N2O. The molecule has 0 saturated heterocycles. The molecule has 1 aromatic heterocycles. The van der Waals surface area contributed by atoms with Crippen LogP contribution in [0.3, 0.4) is 0 Å². The first kappa shape index (κ1) is 10.4. The maximum Gasteiger partial charge on any atom is 0.119 e. The van der Waals surface area contributed by atoms with E-state index in [1.807, 2.05) is 12.1 Å². The van der Waals surface area contributed by atoms with Crippen LogP contribution in [0.15, 0.2) is 42.6 Å². The van der Waals surface area contributed by atoms with Crippen molar-refractivity contribution in [2.45, 2.75) is 19.1 Å². The molecule has 1 aliphatic rings. The van der Waals surface area contributed by atoms with Crippen LogP contribution in [0.2, 0.25) is 0 Å². The molecule has 0 fully saturated rings. The van der Waals surface area contributed by atoms with E-state index in [0.29, 0.717) is 6.04 Å². The molecule has 0 bridgehead atoms. The summed E-state index contributed by atoms with van der Waals surface area (Å²) in [7, 11) is 1.71. The molecule has 88 valence electrons. The largest absolute Gasteiger partial charge is 0.497 e. The zero-order valence-corrected chi connectivity index (χ0v) is 9.89. The molecule has 1 atom stereocenters. The molecule has 3 rings (SSSR count). The molecular weight excluding hydrogens is 212 g/mol. The SMILES string of the molecule is COc1cccc([C@H]2Cn3cccc3CN2)c1. The first-order valence-electron chi connectivity index (χ1n) is 5.88. The lowest BCUT2D eigenvalue weighted by Gasteiger charge is -2.26. The predicted octanol–water partition coefficient (Wildman–Crippen LogP) is 2.34. The number of methoxy groups -OCH3 is 1. The Morgan fingerprint density at radius 2 is 2.24 bits per heavy atom. The molecule has 0 amide bonds. The highest BCUT2D eigenvalue weighted by molar-refractivity contribution is 5.31. The Kier molecular flexibility index (Phi) is 2.61. The molecule has 2 aromatic rings. The van der Waals surface area contributed by atoms with Crippen molar-refractivity contribution in [1.82, 2.24) is 9.88 Å². The first-order chi connectivity index (χ1) is 8.36. The number of hydrogen-bond donors (Lipinski definition) is 1. The maximum absolute atomic E-state index is 5.27. The molecule has 0 spiro atoms. The van der Waals surface area contributed by atoms with Gasteiger partial charge in [-0.25, -0.2) is 0 Å². The van der Waals surface area contributed by atoms with Crippen LogP contribution < -0.4 is 10.1 Å². The second-order valence-corrected chi connectivity index (χ2v) is 4.36. The van der Waals surface area contributed by atoms with Gasteiger partial charge in [-0.1, -0.05) is 12.1 Å². The topological polar surface area (TPSA) is 26.2 Å². The van der Waals surface area contributed by atoms with Gasteiger partial charge in [0.15, 0.2) is 0 Å². The van der Waals surface area contributed by atoms with Crippen LogP contribution in [0.1, 0.15) is 17.3 Å². The quantitative estimate of drug-likeness (QED) is 0.854. The van der Waals surface area contributed by atoms with Crippen molar-refractivity contribution in [2.75, 3.05) is 7.11 Å². The van der Waals surface area contributed by atoms with Gasteiger partial charge >= 0.3 is 0 Å². The Bertz CT molecular complexity index is 518. The van der Waals surface area contributed by atoms with Crippen LogP contribution in [0, 0.1) is 0 Å². The Hall–Kier alpha value is -1.74. The van der Waals surface area contributed by atoms with E-state index in [4.69, 9.17) is 4.74 Å². The van der Waals surface area contributed by atoms with Gasteiger partial charge in [0.2, 0.25) is 0 Å². The highest BCUT2D eigenvalue weighted by atomic mass is 16.5. The van der Waals surface area contributed by atoms with Crippen LogP contribution in [-0.4, -0.2) is 11.7 Å². The van der Waals surface area contributed by atoms with Gasteiger partial charge in [-0.15, -0.1) is 0 Å². The monoisotopic (exact) mass is 228 g/mol. The summed E-state index contributed by atoms with van der Waals surface area (Å²) in [6.45, 7) is 1.91. The highest BCUT2D eigenvalue weighted by Gasteiger charge is 2.18. The van der Waals surface area contributed by atoms with Crippen molar-refractivity contribution in [3.05, 3.63) is 53.9 Å².